The van der Waals surface area contributed by atoms with Gasteiger partial charge in [0.15, 0.2) is 0 Å². The zero-order valence-electron chi connectivity index (χ0n) is 16.2. The normalized spacial score (nSPS) is 21.1. The van der Waals surface area contributed by atoms with Crippen LogP contribution in [-0.2, 0) is 19.6 Å². The molecule has 0 N–H and O–H groups in total. The van der Waals surface area contributed by atoms with E-state index in [1.807, 2.05) is 0 Å². The molecular weight excluding hydrogens is 435 g/mol. The van der Waals surface area contributed by atoms with Crippen LogP contribution in [-0.4, -0.2) is 61.7 Å². The van der Waals surface area contributed by atoms with Gasteiger partial charge >= 0.3 is 0 Å². The van der Waals surface area contributed by atoms with Crippen molar-refractivity contribution in [1.82, 2.24) is 9.21 Å². The Morgan fingerprint density at radius 2 is 1.55 bits per heavy atom. The molecule has 0 spiro atoms. The topological polar surface area (TPSA) is 78.0 Å². The van der Waals surface area contributed by atoms with Crippen LogP contribution in [0.4, 0.5) is 18.9 Å². The molecule has 0 unspecified atom stereocenters. The summed E-state index contributed by atoms with van der Waals surface area (Å²) in [5, 5.41) is 0. The fourth-order valence-corrected chi connectivity index (χ4v) is 5.35. The van der Waals surface area contributed by atoms with E-state index in [2.05, 4.69) is 0 Å². The van der Waals surface area contributed by atoms with E-state index in [-0.39, 0.29) is 38.3 Å². The number of sulfonamides is 1. The molecular formula is C20H18F3N3O4S. The van der Waals surface area contributed by atoms with Crippen molar-refractivity contribution in [2.45, 2.75) is 17.4 Å². The molecule has 0 aromatic heterocycles. The monoisotopic (exact) mass is 453 g/mol. The van der Waals surface area contributed by atoms with Gasteiger partial charge in [0.25, 0.3) is 5.91 Å². The Hall–Kier alpha value is -2.76. The third-order valence-electron chi connectivity index (χ3n) is 5.44. The molecule has 1 atom stereocenters. The van der Waals surface area contributed by atoms with Gasteiger partial charge in [-0.1, -0.05) is 12.1 Å². The number of hydrogen-bond donors (Lipinski definition) is 0. The van der Waals surface area contributed by atoms with Gasteiger partial charge in [-0.3, -0.25) is 14.5 Å². The standard InChI is InChI=1S/C20H18F3N3O4S/c21-13-5-6-16(15(23)11-13)26-19(27)12-17(20(26)28)24-7-9-25(10-8-24)31(29,30)18-4-2-1-3-14(18)22/h1-6,11,17H,7-10,12H2/t17-/m1/s1. The molecule has 7 nitrogen and oxygen atoms in total. The second kappa shape index (κ2) is 8.06. The number of hydrogen-bond acceptors (Lipinski definition) is 5. The van der Waals surface area contributed by atoms with E-state index >= 15 is 0 Å². The van der Waals surface area contributed by atoms with Crippen LogP contribution in [0.3, 0.4) is 0 Å². The van der Waals surface area contributed by atoms with E-state index in [0.29, 0.717) is 11.0 Å². The van der Waals surface area contributed by atoms with Crippen molar-refractivity contribution in [2.75, 3.05) is 31.1 Å². The van der Waals surface area contributed by atoms with Crippen molar-refractivity contribution in [2.24, 2.45) is 0 Å². The molecule has 31 heavy (non-hydrogen) atoms. The Balaban J connectivity index is 1.48. The van der Waals surface area contributed by atoms with Crippen LogP contribution < -0.4 is 4.90 Å². The Kier molecular flexibility index (Phi) is 5.58. The highest BCUT2D eigenvalue weighted by Crippen LogP contribution is 2.29. The number of anilines is 1. The predicted octanol–water partition coefficient (Wildman–Crippen LogP) is 1.74. The van der Waals surface area contributed by atoms with E-state index < -0.39 is 50.2 Å². The smallest absolute Gasteiger partial charge is 0.251 e. The highest BCUT2D eigenvalue weighted by molar-refractivity contribution is 7.89. The van der Waals surface area contributed by atoms with Crippen LogP contribution in [0.15, 0.2) is 47.4 Å². The van der Waals surface area contributed by atoms with E-state index in [0.717, 1.165) is 22.5 Å². The molecule has 11 heteroatoms. The Labute approximate surface area is 176 Å². The van der Waals surface area contributed by atoms with Gasteiger partial charge in [-0.15, -0.1) is 0 Å². The summed E-state index contributed by atoms with van der Waals surface area (Å²) in [6.45, 7) is 0.271. The van der Waals surface area contributed by atoms with Crippen molar-refractivity contribution >= 4 is 27.5 Å². The summed E-state index contributed by atoms with van der Waals surface area (Å²) < 4.78 is 67.8. The maximum atomic E-state index is 14.1. The Morgan fingerprint density at radius 3 is 2.19 bits per heavy atom. The van der Waals surface area contributed by atoms with Crippen molar-refractivity contribution in [3.05, 3.63) is 59.9 Å². The molecule has 2 aliphatic rings. The summed E-state index contributed by atoms with van der Waals surface area (Å²) >= 11 is 0. The Morgan fingerprint density at radius 1 is 0.871 bits per heavy atom. The van der Waals surface area contributed by atoms with Crippen LogP contribution in [0.25, 0.3) is 0 Å². The van der Waals surface area contributed by atoms with Crippen molar-refractivity contribution in [3.8, 4) is 0 Å². The average molecular weight is 453 g/mol. The number of benzene rings is 2. The SMILES string of the molecule is O=C1C[C@@H](N2CCN(S(=O)(=O)c3ccccc3F)CC2)C(=O)N1c1ccc(F)cc1F. The van der Waals surface area contributed by atoms with Crippen molar-refractivity contribution in [3.63, 3.8) is 0 Å². The summed E-state index contributed by atoms with van der Waals surface area (Å²) in [5.41, 5.74) is -0.320. The summed E-state index contributed by atoms with van der Waals surface area (Å²) in [6.07, 6.45) is -0.199. The maximum Gasteiger partial charge on any atom is 0.251 e. The number of carbonyl (C=O) groups excluding carboxylic acids is 2. The highest BCUT2D eigenvalue weighted by Gasteiger charge is 2.45. The molecule has 2 aromatic rings. The molecule has 2 heterocycles. The first-order valence-corrected chi connectivity index (χ1v) is 10.9. The number of piperazine rings is 1. The van der Waals surface area contributed by atoms with Gasteiger partial charge in [-0.05, 0) is 24.3 Å². The number of nitrogens with zero attached hydrogens (tertiary/aromatic N) is 3. The third kappa shape index (κ3) is 3.84. The average Bonchev–Trinajstić information content (AvgIpc) is 3.02. The molecule has 0 radical (unpaired) electrons. The van der Waals surface area contributed by atoms with E-state index in [9.17, 15) is 31.2 Å². The molecule has 2 amide bonds. The minimum absolute atomic E-state index is 0.000449. The lowest BCUT2D eigenvalue weighted by Gasteiger charge is -2.36. The highest BCUT2D eigenvalue weighted by atomic mass is 32.2. The van der Waals surface area contributed by atoms with Crippen LogP contribution in [0.1, 0.15) is 6.42 Å². The lowest BCUT2D eigenvalue weighted by molar-refractivity contribution is -0.123. The number of amides is 2. The summed E-state index contributed by atoms with van der Waals surface area (Å²) in [4.78, 5) is 27.1. The van der Waals surface area contributed by atoms with Gasteiger partial charge in [0.2, 0.25) is 15.9 Å². The minimum Gasteiger partial charge on any atom is -0.289 e. The summed E-state index contributed by atoms with van der Waals surface area (Å²) in [5.74, 6) is -3.98. The Bertz CT molecular complexity index is 1150. The molecule has 4 rings (SSSR count). The molecule has 164 valence electrons. The second-order valence-corrected chi connectivity index (χ2v) is 9.16. The van der Waals surface area contributed by atoms with Crippen molar-refractivity contribution < 1.29 is 31.2 Å². The zero-order chi connectivity index (χ0) is 22.3. The van der Waals surface area contributed by atoms with Gasteiger partial charge in [0.05, 0.1) is 18.2 Å². The fraction of sp³-hybridized carbons (Fsp3) is 0.300. The fourth-order valence-electron chi connectivity index (χ4n) is 3.87. The molecule has 2 fully saturated rings. The largest absolute Gasteiger partial charge is 0.289 e. The lowest BCUT2D eigenvalue weighted by Crippen LogP contribution is -2.53. The molecule has 2 aliphatic heterocycles. The number of imide groups is 1. The molecule has 0 saturated carbocycles. The maximum absolute atomic E-state index is 14.1. The van der Waals surface area contributed by atoms with E-state index in [1.165, 1.54) is 18.2 Å². The number of carbonyl (C=O) groups is 2. The molecule has 2 aromatic carbocycles. The van der Waals surface area contributed by atoms with Gasteiger partial charge in [0, 0.05) is 32.2 Å². The van der Waals surface area contributed by atoms with Gasteiger partial charge in [-0.2, -0.15) is 4.31 Å². The summed E-state index contributed by atoms with van der Waals surface area (Å²) in [7, 11) is -4.04. The zero-order valence-corrected chi connectivity index (χ0v) is 17.0. The minimum atomic E-state index is -4.04. The summed E-state index contributed by atoms with van der Waals surface area (Å²) in [6, 6.07) is 6.77. The van der Waals surface area contributed by atoms with Gasteiger partial charge < -0.3 is 0 Å². The van der Waals surface area contributed by atoms with E-state index in [1.54, 1.807) is 4.90 Å². The van der Waals surface area contributed by atoms with Crippen LogP contribution in [0.5, 0.6) is 0 Å². The van der Waals surface area contributed by atoms with E-state index in [4.69, 9.17) is 0 Å². The van der Waals surface area contributed by atoms with Crippen LogP contribution in [0.2, 0.25) is 0 Å². The first kappa shape index (κ1) is 21.5. The molecule has 0 aliphatic carbocycles. The second-order valence-electron chi connectivity index (χ2n) is 7.25. The first-order valence-electron chi connectivity index (χ1n) is 9.51. The predicted molar refractivity (Wildman–Crippen MR) is 104 cm³/mol. The number of halogens is 3. The van der Waals surface area contributed by atoms with Crippen molar-refractivity contribution in [1.29, 1.82) is 0 Å². The van der Waals surface area contributed by atoms with Gasteiger partial charge in [0.1, 0.15) is 22.3 Å². The first-order chi connectivity index (χ1) is 14.7. The number of rotatable bonds is 4. The van der Waals surface area contributed by atoms with Gasteiger partial charge in [-0.25, -0.2) is 26.5 Å². The molecule has 2 saturated heterocycles. The van der Waals surface area contributed by atoms with Crippen LogP contribution in [0, 0.1) is 17.5 Å². The molecule has 0 bridgehead atoms. The lowest BCUT2D eigenvalue weighted by atomic mass is 10.2. The quantitative estimate of drug-likeness (QED) is 0.660. The third-order valence-corrected chi connectivity index (χ3v) is 7.37. The van der Waals surface area contributed by atoms with Crippen LogP contribution >= 0.6 is 0 Å².